The fraction of sp³-hybridized carbons (Fsp3) is 0.611. The molecule has 3 nitrogen and oxygen atoms in total. The summed E-state index contributed by atoms with van der Waals surface area (Å²) in [5.74, 6) is 1.46. The maximum atomic E-state index is 12.6. The van der Waals surface area contributed by atoms with Crippen molar-refractivity contribution in [1.82, 2.24) is 5.32 Å². The zero-order chi connectivity index (χ0) is 15.2. The molecule has 0 heterocycles. The summed E-state index contributed by atoms with van der Waals surface area (Å²) in [4.78, 5) is 12.6. The first-order valence-corrected chi connectivity index (χ1v) is 8.24. The van der Waals surface area contributed by atoms with Crippen molar-refractivity contribution in [1.29, 1.82) is 0 Å². The van der Waals surface area contributed by atoms with E-state index >= 15 is 0 Å². The summed E-state index contributed by atoms with van der Waals surface area (Å²) in [6.07, 6.45) is 4.52. The number of para-hydroxylation sites is 1. The first kappa shape index (κ1) is 15.9. The maximum Gasteiger partial charge on any atom is 0.253 e. The van der Waals surface area contributed by atoms with Crippen molar-refractivity contribution in [3.05, 3.63) is 29.8 Å². The lowest BCUT2D eigenvalue weighted by Crippen LogP contribution is -2.40. The number of hydrogen-bond donors (Lipinski definition) is 2. The Kier molecular flexibility index (Phi) is 5.66. The smallest absolute Gasteiger partial charge is 0.253 e. The molecular formula is C18H28N2O. The summed E-state index contributed by atoms with van der Waals surface area (Å²) in [5.41, 5.74) is 1.70. The van der Waals surface area contributed by atoms with E-state index in [2.05, 4.69) is 31.4 Å². The molecule has 1 aromatic rings. The van der Waals surface area contributed by atoms with Crippen LogP contribution in [0, 0.1) is 11.8 Å². The molecule has 1 amide bonds. The molecule has 1 aromatic carbocycles. The third-order valence-corrected chi connectivity index (χ3v) is 4.25. The van der Waals surface area contributed by atoms with Crippen LogP contribution in [0.4, 0.5) is 5.69 Å². The fourth-order valence-electron chi connectivity index (χ4n) is 3.42. The minimum Gasteiger partial charge on any atom is -0.384 e. The largest absolute Gasteiger partial charge is 0.384 e. The van der Waals surface area contributed by atoms with Crippen molar-refractivity contribution in [2.75, 3.05) is 11.9 Å². The Balaban J connectivity index is 2.02. The lowest BCUT2D eigenvalue weighted by molar-refractivity contribution is 0.0912. The van der Waals surface area contributed by atoms with E-state index in [0.29, 0.717) is 17.9 Å². The predicted octanol–water partition coefficient (Wildman–Crippen LogP) is 4.06. The molecule has 2 N–H and O–H groups in total. The van der Waals surface area contributed by atoms with Crippen molar-refractivity contribution in [3.63, 3.8) is 0 Å². The van der Waals surface area contributed by atoms with Crippen molar-refractivity contribution in [3.8, 4) is 0 Å². The predicted molar refractivity (Wildman–Crippen MR) is 88.7 cm³/mol. The normalized spacial score (nSPS) is 25.4. The van der Waals surface area contributed by atoms with Crippen LogP contribution in [-0.4, -0.2) is 18.5 Å². The standard InChI is InChI=1S/C18H28N2O/c1-4-9-19-17-8-6-5-7-16(17)18(21)20-15-11-13(2)10-14(3)12-15/h5-8,13-15,19H,4,9-12H2,1-3H3,(H,20,21). The summed E-state index contributed by atoms with van der Waals surface area (Å²) in [5, 5.41) is 6.57. The zero-order valence-corrected chi connectivity index (χ0v) is 13.5. The average molecular weight is 288 g/mol. The molecule has 0 aromatic heterocycles. The second-order valence-electron chi connectivity index (χ2n) is 6.56. The van der Waals surface area contributed by atoms with Crippen LogP contribution in [0.3, 0.4) is 0 Å². The van der Waals surface area contributed by atoms with E-state index in [1.54, 1.807) is 0 Å². The van der Waals surface area contributed by atoms with E-state index in [9.17, 15) is 4.79 Å². The Morgan fingerprint density at radius 2 is 1.81 bits per heavy atom. The van der Waals surface area contributed by atoms with E-state index < -0.39 is 0 Å². The summed E-state index contributed by atoms with van der Waals surface area (Å²) < 4.78 is 0. The highest BCUT2D eigenvalue weighted by atomic mass is 16.1. The summed E-state index contributed by atoms with van der Waals surface area (Å²) in [6.45, 7) is 7.58. The van der Waals surface area contributed by atoms with Crippen LogP contribution in [0.2, 0.25) is 0 Å². The van der Waals surface area contributed by atoms with Gasteiger partial charge < -0.3 is 10.6 Å². The van der Waals surface area contributed by atoms with E-state index in [1.165, 1.54) is 6.42 Å². The molecule has 0 saturated heterocycles. The van der Waals surface area contributed by atoms with Gasteiger partial charge in [0.2, 0.25) is 0 Å². The summed E-state index contributed by atoms with van der Waals surface area (Å²) >= 11 is 0. The topological polar surface area (TPSA) is 41.1 Å². The number of nitrogens with one attached hydrogen (secondary N) is 2. The molecule has 21 heavy (non-hydrogen) atoms. The fourth-order valence-corrected chi connectivity index (χ4v) is 3.42. The highest BCUT2D eigenvalue weighted by molar-refractivity contribution is 5.99. The van der Waals surface area contributed by atoms with Gasteiger partial charge in [0.05, 0.1) is 5.56 Å². The molecule has 116 valence electrons. The maximum absolute atomic E-state index is 12.6. The van der Waals surface area contributed by atoms with Gasteiger partial charge in [0.15, 0.2) is 0 Å². The highest BCUT2D eigenvalue weighted by Crippen LogP contribution is 2.29. The van der Waals surface area contributed by atoms with Gasteiger partial charge >= 0.3 is 0 Å². The first-order valence-electron chi connectivity index (χ1n) is 8.24. The number of amides is 1. The number of carbonyl (C=O) groups excluding carboxylic acids is 1. The van der Waals surface area contributed by atoms with Crippen LogP contribution in [0.1, 0.15) is 56.8 Å². The Morgan fingerprint density at radius 3 is 2.48 bits per heavy atom. The molecular weight excluding hydrogens is 260 g/mol. The van der Waals surface area contributed by atoms with Gasteiger partial charge in [-0.3, -0.25) is 4.79 Å². The number of hydrogen-bond acceptors (Lipinski definition) is 2. The van der Waals surface area contributed by atoms with Crippen molar-refractivity contribution >= 4 is 11.6 Å². The van der Waals surface area contributed by atoms with E-state index in [0.717, 1.165) is 37.1 Å². The third kappa shape index (κ3) is 4.48. The van der Waals surface area contributed by atoms with Gasteiger partial charge in [0, 0.05) is 18.3 Å². The van der Waals surface area contributed by atoms with Crippen molar-refractivity contribution in [2.45, 2.75) is 52.5 Å². The molecule has 0 radical (unpaired) electrons. The minimum atomic E-state index is 0.0560. The van der Waals surface area contributed by atoms with Crippen LogP contribution in [0.25, 0.3) is 0 Å². The number of carbonyl (C=O) groups is 1. The average Bonchev–Trinajstić information content (AvgIpc) is 2.44. The first-order chi connectivity index (χ1) is 10.1. The molecule has 0 spiro atoms. The van der Waals surface area contributed by atoms with Gasteiger partial charge in [-0.25, -0.2) is 0 Å². The zero-order valence-electron chi connectivity index (χ0n) is 13.5. The van der Waals surface area contributed by atoms with Gasteiger partial charge in [0.1, 0.15) is 0 Å². The van der Waals surface area contributed by atoms with Crippen molar-refractivity contribution < 1.29 is 4.79 Å². The molecule has 1 aliphatic rings. The van der Waals surface area contributed by atoms with Gasteiger partial charge in [-0.1, -0.05) is 32.9 Å². The molecule has 0 bridgehead atoms. The van der Waals surface area contributed by atoms with E-state index in [4.69, 9.17) is 0 Å². The van der Waals surface area contributed by atoms with Crippen molar-refractivity contribution in [2.24, 2.45) is 11.8 Å². The lowest BCUT2D eigenvalue weighted by atomic mass is 9.80. The van der Waals surface area contributed by atoms with Gasteiger partial charge in [-0.2, -0.15) is 0 Å². The monoisotopic (exact) mass is 288 g/mol. The molecule has 1 fully saturated rings. The van der Waals surface area contributed by atoms with Crippen LogP contribution in [0.15, 0.2) is 24.3 Å². The van der Waals surface area contributed by atoms with Crippen LogP contribution in [0.5, 0.6) is 0 Å². The molecule has 2 rings (SSSR count). The quantitative estimate of drug-likeness (QED) is 0.857. The Labute approximate surface area is 128 Å². The minimum absolute atomic E-state index is 0.0560. The summed E-state index contributed by atoms with van der Waals surface area (Å²) in [6, 6.07) is 8.10. The molecule has 1 aliphatic carbocycles. The van der Waals surface area contributed by atoms with Gasteiger partial charge in [-0.15, -0.1) is 0 Å². The SMILES string of the molecule is CCCNc1ccccc1C(=O)NC1CC(C)CC(C)C1. The highest BCUT2D eigenvalue weighted by Gasteiger charge is 2.25. The molecule has 0 aliphatic heterocycles. The summed E-state index contributed by atoms with van der Waals surface area (Å²) in [7, 11) is 0. The second-order valence-corrected chi connectivity index (χ2v) is 6.56. The third-order valence-electron chi connectivity index (χ3n) is 4.25. The number of benzene rings is 1. The van der Waals surface area contributed by atoms with Gasteiger partial charge in [-0.05, 0) is 49.7 Å². The van der Waals surface area contributed by atoms with Crippen LogP contribution < -0.4 is 10.6 Å². The number of anilines is 1. The molecule has 2 unspecified atom stereocenters. The Hall–Kier alpha value is -1.51. The second kappa shape index (κ2) is 7.48. The lowest BCUT2D eigenvalue weighted by Gasteiger charge is -2.32. The van der Waals surface area contributed by atoms with Crippen LogP contribution in [-0.2, 0) is 0 Å². The molecule has 3 heteroatoms. The van der Waals surface area contributed by atoms with Gasteiger partial charge in [0.25, 0.3) is 5.91 Å². The molecule has 2 atom stereocenters. The van der Waals surface area contributed by atoms with Crippen LogP contribution >= 0.6 is 0 Å². The Morgan fingerprint density at radius 1 is 1.14 bits per heavy atom. The number of rotatable bonds is 5. The van der Waals surface area contributed by atoms with E-state index in [1.807, 2.05) is 24.3 Å². The Bertz CT molecular complexity index is 462. The molecule has 1 saturated carbocycles. The van der Waals surface area contributed by atoms with E-state index in [-0.39, 0.29) is 5.91 Å².